The van der Waals surface area contributed by atoms with Crippen LogP contribution in [0.1, 0.15) is 16.7 Å². The largest absolute Gasteiger partial charge is 0.466 e. The Morgan fingerprint density at radius 1 is 1.22 bits per heavy atom. The van der Waals surface area contributed by atoms with Crippen molar-refractivity contribution >= 4 is 17.7 Å². The zero-order chi connectivity index (χ0) is 12.4. The van der Waals surface area contributed by atoms with E-state index in [1.54, 1.807) is 18.0 Å². The van der Waals surface area contributed by atoms with Crippen molar-refractivity contribution in [2.75, 3.05) is 5.75 Å². The number of benzene rings is 1. The second kappa shape index (κ2) is 4.90. The summed E-state index contributed by atoms with van der Waals surface area (Å²) in [6.07, 6.45) is 1.65. The van der Waals surface area contributed by atoms with Gasteiger partial charge in [0.15, 0.2) is 0 Å². The van der Waals surface area contributed by atoms with Crippen LogP contribution >= 0.6 is 11.8 Å². The molecule has 0 saturated carbocycles. The minimum Gasteiger partial charge on any atom is -0.466 e. The van der Waals surface area contributed by atoms with Crippen LogP contribution in [-0.4, -0.2) is 16.6 Å². The van der Waals surface area contributed by atoms with E-state index in [-0.39, 0.29) is 11.3 Å². The summed E-state index contributed by atoms with van der Waals surface area (Å²) in [5.74, 6) is 1.55. The number of carbonyl (C=O) groups excluding carboxylic acids is 1. The standard InChI is InChI=1S/C14H13NO2S/c16-13-10-18-14(12-7-4-8-17-12)15(13)9-11-5-2-1-3-6-11/h1-8,14H,9-10H2. The van der Waals surface area contributed by atoms with Crippen molar-refractivity contribution in [1.82, 2.24) is 4.90 Å². The van der Waals surface area contributed by atoms with Gasteiger partial charge >= 0.3 is 0 Å². The fourth-order valence-electron chi connectivity index (χ4n) is 2.07. The second-order valence-electron chi connectivity index (χ2n) is 4.19. The van der Waals surface area contributed by atoms with Crippen molar-refractivity contribution in [3.8, 4) is 0 Å². The van der Waals surface area contributed by atoms with Gasteiger partial charge in [0, 0.05) is 6.54 Å². The Kier molecular flexibility index (Phi) is 3.11. The maximum Gasteiger partial charge on any atom is 0.234 e. The van der Waals surface area contributed by atoms with Gasteiger partial charge in [-0.2, -0.15) is 0 Å². The molecular formula is C14H13NO2S. The molecule has 0 radical (unpaired) electrons. The number of hydrogen-bond donors (Lipinski definition) is 0. The number of amides is 1. The molecule has 0 bridgehead atoms. The lowest BCUT2D eigenvalue weighted by Gasteiger charge is -2.22. The summed E-state index contributed by atoms with van der Waals surface area (Å²) in [6, 6.07) is 13.8. The lowest BCUT2D eigenvalue weighted by Crippen LogP contribution is -2.27. The molecule has 3 nitrogen and oxygen atoms in total. The molecule has 0 spiro atoms. The Morgan fingerprint density at radius 2 is 2.06 bits per heavy atom. The summed E-state index contributed by atoms with van der Waals surface area (Å²) < 4.78 is 5.42. The Labute approximate surface area is 110 Å². The van der Waals surface area contributed by atoms with Gasteiger partial charge in [0.1, 0.15) is 11.1 Å². The Balaban J connectivity index is 1.82. The van der Waals surface area contributed by atoms with E-state index in [1.165, 1.54) is 0 Å². The molecule has 1 unspecified atom stereocenters. The highest BCUT2D eigenvalue weighted by Gasteiger charge is 2.34. The average Bonchev–Trinajstić information content (AvgIpc) is 3.02. The van der Waals surface area contributed by atoms with Gasteiger partial charge in [-0.15, -0.1) is 11.8 Å². The maximum atomic E-state index is 11.9. The van der Waals surface area contributed by atoms with Crippen LogP contribution in [0.15, 0.2) is 53.1 Å². The maximum absolute atomic E-state index is 11.9. The lowest BCUT2D eigenvalue weighted by molar-refractivity contribution is -0.128. The van der Waals surface area contributed by atoms with E-state index in [2.05, 4.69) is 0 Å². The molecule has 1 saturated heterocycles. The van der Waals surface area contributed by atoms with E-state index in [0.29, 0.717) is 12.3 Å². The molecule has 2 aromatic rings. The van der Waals surface area contributed by atoms with Gasteiger partial charge in [-0.05, 0) is 17.7 Å². The zero-order valence-electron chi connectivity index (χ0n) is 9.78. The van der Waals surface area contributed by atoms with Gasteiger partial charge in [-0.25, -0.2) is 0 Å². The van der Waals surface area contributed by atoms with Gasteiger partial charge < -0.3 is 9.32 Å². The Morgan fingerprint density at radius 3 is 2.78 bits per heavy atom. The molecule has 1 aromatic carbocycles. The van der Waals surface area contributed by atoms with Crippen LogP contribution in [-0.2, 0) is 11.3 Å². The Bertz CT molecular complexity index is 524. The molecule has 4 heteroatoms. The van der Waals surface area contributed by atoms with Crippen molar-refractivity contribution in [2.45, 2.75) is 11.9 Å². The zero-order valence-corrected chi connectivity index (χ0v) is 10.6. The highest BCUT2D eigenvalue weighted by atomic mass is 32.2. The van der Waals surface area contributed by atoms with Crippen LogP contribution in [0.25, 0.3) is 0 Å². The van der Waals surface area contributed by atoms with Crippen LogP contribution in [0.4, 0.5) is 0 Å². The van der Waals surface area contributed by atoms with Crippen molar-refractivity contribution in [3.05, 3.63) is 60.1 Å². The summed E-state index contributed by atoms with van der Waals surface area (Å²) in [5.41, 5.74) is 1.14. The normalized spacial score (nSPS) is 19.4. The molecule has 1 aliphatic heterocycles. The number of hydrogen-bond acceptors (Lipinski definition) is 3. The third-order valence-corrected chi connectivity index (χ3v) is 4.17. The van der Waals surface area contributed by atoms with Crippen LogP contribution in [0.3, 0.4) is 0 Å². The topological polar surface area (TPSA) is 33.5 Å². The van der Waals surface area contributed by atoms with E-state index in [1.807, 2.05) is 47.4 Å². The van der Waals surface area contributed by atoms with Gasteiger partial charge in [-0.1, -0.05) is 30.3 Å². The average molecular weight is 259 g/mol. The first-order valence-electron chi connectivity index (χ1n) is 5.83. The first kappa shape index (κ1) is 11.4. The van der Waals surface area contributed by atoms with Crippen molar-refractivity contribution < 1.29 is 9.21 Å². The quantitative estimate of drug-likeness (QED) is 0.849. The van der Waals surface area contributed by atoms with E-state index in [9.17, 15) is 4.79 Å². The summed E-state index contributed by atoms with van der Waals surface area (Å²) in [6.45, 7) is 0.637. The van der Waals surface area contributed by atoms with E-state index in [0.717, 1.165) is 11.3 Å². The first-order valence-corrected chi connectivity index (χ1v) is 6.88. The van der Waals surface area contributed by atoms with E-state index < -0.39 is 0 Å². The minimum atomic E-state index is 0.00714. The highest BCUT2D eigenvalue weighted by Crippen LogP contribution is 2.39. The van der Waals surface area contributed by atoms with Gasteiger partial charge in [-0.3, -0.25) is 4.79 Å². The molecular weight excluding hydrogens is 246 g/mol. The monoisotopic (exact) mass is 259 g/mol. The third kappa shape index (κ3) is 2.16. The number of thioether (sulfide) groups is 1. The minimum absolute atomic E-state index is 0.00714. The van der Waals surface area contributed by atoms with Crippen LogP contribution in [0, 0.1) is 0 Å². The van der Waals surface area contributed by atoms with Crippen LogP contribution < -0.4 is 0 Å². The smallest absolute Gasteiger partial charge is 0.234 e. The molecule has 0 aliphatic carbocycles. The molecule has 3 rings (SSSR count). The molecule has 1 aliphatic rings. The molecule has 92 valence electrons. The number of nitrogens with zero attached hydrogens (tertiary/aromatic N) is 1. The van der Waals surface area contributed by atoms with Crippen LogP contribution in [0.5, 0.6) is 0 Å². The van der Waals surface area contributed by atoms with Gasteiger partial charge in [0.2, 0.25) is 5.91 Å². The first-order chi connectivity index (χ1) is 8.84. The van der Waals surface area contributed by atoms with Crippen LogP contribution in [0.2, 0.25) is 0 Å². The SMILES string of the molecule is O=C1CSC(c2ccco2)N1Cc1ccccc1. The lowest BCUT2D eigenvalue weighted by atomic mass is 10.2. The predicted octanol–water partition coefficient (Wildman–Crippen LogP) is 3.05. The molecule has 1 amide bonds. The van der Waals surface area contributed by atoms with Crippen molar-refractivity contribution in [2.24, 2.45) is 0 Å². The highest BCUT2D eigenvalue weighted by molar-refractivity contribution is 8.00. The summed E-state index contributed by atoms with van der Waals surface area (Å²) in [5, 5.41) is 0.00714. The molecule has 1 aromatic heterocycles. The van der Waals surface area contributed by atoms with Crippen molar-refractivity contribution in [1.29, 1.82) is 0 Å². The summed E-state index contributed by atoms with van der Waals surface area (Å²) in [4.78, 5) is 13.8. The van der Waals surface area contributed by atoms with Crippen molar-refractivity contribution in [3.63, 3.8) is 0 Å². The summed E-state index contributed by atoms with van der Waals surface area (Å²) in [7, 11) is 0. The van der Waals surface area contributed by atoms with E-state index in [4.69, 9.17) is 4.42 Å². The van der Waals surface area contributed by atoms with Gasteiger partial charge in [0.05, 0.1) is 12.0 Å². The second-order valence-corrected chi connectivity index (χ2v) is 5.25. The van der Waals surface area contributed by atoms with E-state index >= 15 is 0 Å². The number of furan rings is 1. The molecule has 1 fully saturated rings. The number of carbonyl (C=O) groups is 1. The predicted molar refractivity (Wildman–Crippen MR) is 70.9 cm³/mol. The third-order valence-electron chi connectivity index (χ3n) is 2.95. The molecule has 2 heterocycles. The molecule has 18 heavy (non-hydrogen) atoms. The molecule has 0 N–H and O–H groups in total. The summed E-state index contributed by atoms with van der Waals surface area (Å²) >= 11 is 1.62. The fourth-order valence-corrected chi connectivity index (χ4v) is 3.21. The Hall–Kier alpha value is -1.68. The van der Waals surface area contributed by atoms with Gasteiger partial charge in [0.25, 0.3) is 0 Å². The number of rotatable bonds is 3. The fraction of sp³-hybridized carbons (Fsp3) is 0.214. The molecule has 1 atom stereocenters.